The zero-order valence-corrected chi connectivity index (χ0v) is 18.6. The number of aliphatic hydroxyl groups is 3. The second-order valence-corrected chi connectivity index (χ2v) is 13.1. The molecule has 0 radical (unpaired) electrons. The van der Waals surface area contributed by atoms with E-state index in [1.54, 1.807) is 7.85 Å². The van der Waals surface area contributed by atoms with Gasteiger partial charge in [-0.25, -0.2) is 0 Å². The summed E-state index contributed by atoms with van der Waals surface area (Å²) in [6.07, 6.45) is -1.82. The molecular formula is C22H31BO5Si. The lowest BCUT2D eigenvalue weighted by Gasteiger charge is -2.47. The molecule has 2 aromatic carbocycles. The normalized spacial score (nSPS) is 24.6. The average molecular weight is 414 g/mol. The minimum atomic E-state index is -2.97. The molecule has 2 aromatic rings. The predicted octanol–water partition coefficient (Wildman–Crippen LogP) is 0.00530. The van der Waals surface area contributed by atoms with Crippen LogP contribution < -0.4 is 10.4 Å². The van der Waals surface area contributed by atoms with Crippen LogP contribution in [0.2, 0.25) is 5.04 Å². The smallest absolute Gasteiger partial charge is 0.261 e. The molecule has 7 heteroatoms. The molecule has 0 amide bonds. The Hall–Kier alpha value is -1.48. The molecule has 0 aromatic heterocycles. The van der Waals surface area contributed by atoms with Crippen molar-refractivity contribution < 1.29 is 24.5 Å². The van der Waals surface area contributed by atoms with Crippen molar-refractivity contribution in [3.8, 4) is 0 Å². The molecule has 156 valence electrons. The first kappa shape index (κ1) is 22.2. The summed E-state index contributed by atoms with van der Waals surface area (Å²) >= 11 is 0. The Morgan fingerprint density at radius 2 is 1.41 bits per heavy atom. The minimum Gasteiger partial charge on any atom is -0.399 e. The van der Waals surface area contributed by atoms with Crippen LogP contribution in [0.3, 0.4) is 0 Å². The van der Waals surface area contributed by atoms with Gasteiger partial charge in [-0.05, 0) is 15.4 Å². The highest BCUT2D eigenvalue weighted by Gasteiger charge is 2.60. The van der Waals surface area contributed by atoms with Gasteiger partial charge in [0.15, 0.2) is 0 Å². The first-order valence-corrected chi connectivity index (χ1v) is 12.0. The SMILES string of the molecule is B[C@@H]1OC(CO)(CO)[C@@H](O[Si](c2ccccc2)(c2ccccc2)C(C)(C)C)[C@@H]1O. The van der Waals surface area contributed by atoms with Gasteiger partial charge in [0.25, 0.3) is 8.32 Å². The van der Waals surface area contributed by atoms with Crippen molar-refractivity contribution in [1.82, 2.24) is 0 Å². The molecule has 5 nitrogen and oxygen atoms in total. The topological polar surface area (TPSA) is 79.2 Å². The average Bonchev–Trinajstić information content (AvgIpc) is 2.96. The van der Waals surface area contributed by atoms with Crippen molar-refractivity contribution in [3.63, 3.8) is 0 Å². The largest absolute Gasteiger partial charge is 0.399 e. The van der Waals surface area contributed by atoms with Crippen LogP contribution in [0.4, 0.5) is 0 Å². The van der Waals surface area contributed by atoms with Crippen molar-refractivity contribution in [2.45, 2.75) is 49.6 Å². The maximum Gasteiger partial charge on any atom is 0.261 e. The second-order valence-electron chi connectivity index (χ2n) is 8.90. The molecule has 3 atom stereocenters. The van der Waals surface area contributed by atoms with E-state index in [1.807, 2.05) is 36.4 Å². The zero-order chi connectivity index (χ0) is 21.3. The lowest BCUT2D eigenvalue weighted by Crippen LogP contribution is -2.70. The van der Waals surface area contributed by atoms with Crippen molar-refractivity contribution in [2.24, 2.45) is 0 Å². The maximum absolute atomic E-state index is 10.9. The highest BCUT2D eigenvalue weighted by Crippen LogP contribution is 2.42. The van der Waals surface area contributed by atoms with Gasteiger partial charge in [-0.3, -0.25) is 0 Å². The zero-order valence-electron chi connectivity index (χ0n) is 17.6. The van der Waals surface area contributed by atoms with Gasteiger partial charge >= 0.3 is 0 Å². The van der Waals surface area contributed by atoms with E-state index in [4.69, 9.17) is 9.16 Å². The van der Waals surface area contributed by atoms with E-state index >= 15 is 0 Å². The minimum absolute atomic E-state index is 0.294. The summed E-state index contributed by atoms with van der Waals surface area (Å²) in [4.78, 5) is 0. The molecule has 0 spiro atoms. The number of hydrogen-bond donors (Lipinski definition) is 3. The molecule has 1 aliphatic heterocycles. The Kier molecular flexibility index (Phi) is 6.39. The third kappa shape index (κ3) is 3.71. The molecule has 0 saturated carbocycles. The molecule has 1 saturated heterocycles. The van der Waals surface area contributed by atoms with Gasteiger partial charge in [0.2, 0.25) is 0 Å². The standard InChI is InChI=1S/C22H31BO5Si/c1-21(2,3)29(16-10-6-4-7-11-16,17-12-8-5-9-13-17)28-19-18(26)20(23)27-22(19,14-24)15-25/h4-13,18-20,24-26H,14-15,23H2,1-3H3/t18-,19-,20+/m0/s1. The van der Waals surface area contributed by atoms with Gasteiger partial charge in [0, 0.05) is 0 Å². The van der Waals surface area contributed by atoms with Crippen LogP contribution in [0, 0.1) is 0 Å². The summed E-state index contributed by atoms with van der Waals surface area (Å²) in [6, 6.07) is 19.6. The third-order valence-electron chi connectivity index (χ3n) is 5.99. The lowest BCUT2D eigenvalue weighted by atomic mass is 9.90. The van der Waals surface area contributed by atoms with Crippen LogP contribution in [0.5, 0.6) is 0 Å². The number of hydrogen-bond acceptors (Lipinski definition) is 5. The fourth-order valence-corrected chi connectivity index (χ4v) is 9.18. The van der Waals surface area contributed by atoms with Gasteiger partial charge in [0.1, 0.15) is 25.7 Å². The van der Waals surface area contributed by atoms with Crippen LogP contribution in [-0.2, 0) is 9.16 Å². The van der Waals surface area contributed by atoms with E-state index in [1.165, 1.54) is 0 Å². The van der Waals surface area contributed by atoms with E-state index in [-0.39, 0.29) is 5.04 Å². The summed E-state index contributed by atoms with van der Waals surface area (Å²) in [6.45, 7) is 5.56. The van der Waals surface area contributed by atoms with Gasteiger partial charge in [-0.2, -0.15) is 0 Å². The maximum atomic E-state index is 10.9. The number of benzene rings is 2. The number of rotatable bonds is 6. The van der Waals surface area contributed by atoms with E-state index < -0.39 is 45.3 Å². The fraction of sp³-hybridized carbons (Fsp3) is 0.455. The van der Waals surface area contributed by atoms with Gasteiger partial charge in [0.05, 0.1) is 19.2 Å². The van der Waals surface area contributed by atoms with Gasteiger partial charge < -0.3 is 24.5 Å². The molecule has 1 aliphatic rings. The van der Waals surface area contributed by atoms with Crippen LogP contribution in [0.25, 0.3) is 0 Å². The molecular weight excluding hydrogens is 383 g/mol. The van der Waals surface area contributed by atoms with E-state index in [2.05, 4.69) is 45.0 Å². The van der Waals surface area contributed by atoms with Crippen molar-refractivity contribution in [3.05, 3.63) is 60.7 Å². The molecule has 1 fully saturated rings. The number of aliphatic hydroxyl groups excluding tert-OH is 3. The summed E-state index contributed by atoms with van der Waals surface area (Å²) in [5.74, 6) is 0. The van der Waals surface area contributed by atoms with Crippen molar-refractivity contribution in [2.75, 3.05) is 13.2 Å². The van der Waals surface area contributed by atoms with Crippen molar-refractivity contribution >= 4 is 26.5 Å². The molecule has 1 heterocycles. The molecule has 3 rings (SSSR count). The molecule has 29 heavy (non-hydrogen) atoms. The Morgan fingerprint density at radius 3 is 1.79 bits per heavy atom. The third-order valence-corrected chi connectivity index (χ3v) is 11.0. The second kappa shape index (κ2) is 8.34. The molecule has 0 unspecified atom stereocenters. The number of ether oxygens (including phenoxy) is 1. The first-order chi connectivity index (χ1) is 13.7. The van der Waals surface area contributed by atoms with E-state index in [9.17, 15) is 15.3 Å². The monoisotopic (exact) mass is 414 g/mol. The molecule has 3 N–H and O–H groups in total. The Morgan fingerprint density at radius 1 is 0.966 bits per heavy atom. The first-order valence-electron chi connectivity index (χ1n) is 10.1. The Labute approximate surface area is 174 Å². The van der Waals surface area contributed by atoms with Crippen LogP contribution in [0.15, 0.2) is 60.7 Å². The summed E-state index contributed by atoms with van der Waals surface area (Å²) in [7, 11) is -1.23. The summed E-state index contributed by atoms with van der Waals surface area (Å²) in [5.41, 5.74) is -1.36. The molecule has 0 aliphatic carbocycles. The predicted molar refractivity (Wildman–Crippen MR) is 119 cm³/mol. The Bertz CT molecular complexity index is 752. The molecule has 0 bridgehead atoms. The quantitative estimate of drug-likeness (QED) is 0.581. The van der Waals surface area contributed by atoms with Crippen LogP contribution in [-0.4, -0.2) is 68.5 Å². The van der Waals surface area contributed by atoms with Crippen LogP contribution >= 0.6 is 0 Å². The Balaban J connectivity index is 2.23. The highest BCUT2D eigenvalue weighted by atomic mass is 28.4. The summed E-state index contributed by atoms with van der Waals surface area (Å²) in [5, 5.41) is 33.0. The highest BCUT2D eigenvalue weighted by molar-refractivity contribution is 6.99. The van der Waals surface area contributed by atoms with E-state index in [0.29, 0.717) is 0 Å². The summed E-state index contributed by atoms with van der Waals surface area (Å²) < 4.78 is 12.8. The van der Waals surface area contributed by atoms with Crippen LogP contribution in [0.1, 0.15) is 20.8 Å². The van der Waals surface area contributed by atoms with E-state index in [0.717, 1.165) is 10.4 Å². The van der Waals surface area contributed by atoms with Gasteiger partial charge in [-0.1, -0.05) is 81.4 Å². The fourth-order valence-electron chi connectivity index (χ4n) is 4.43. The lowest BCUT2D eigenvalue weighted by molar-refractivity contribution is -0.121. The van der Waals surface area contributed by atoms with Crippen molar-refractivity contribution in [1.29, 1.82) is 0 Å². The van der Waals surface area contributed by atoms with Gasteiger partial charge in [-0.15, -0.1) is 0 Å².